The number of anilines is 1. The minimum atomic E-state index is -2.18. The number of aryl methyl sites for hydroxylation is 1. The second kappa shape index (κ2) is 18.5. The average Bonchev–Trinajstić information content (AvgIpc) is 3.21. The molecule has 4 aromatic carbocycles. The maximum absolute atomic E-state index is 13.2. The van der Waals surface area contributed by atoms with Gasteiger partial charge in [-0.05, 0) is 122 Å². The summed E-state index contributed by atoms with van der Waals surface area (Å²) < 4.78 is 19.1. The number of H-pyrrole nitrogens is 1. The quantitative estimate of drug-likeness (QED) is 0.0574. The molecule has 8 rings (SSSR count). The number of nitrogens with zero attached hydrogens (tertiary/aromatic N) is 1. The summed E-state index contributed by atoms with van der Waals surface area (Å²) in [6.07, 6.45) is 4.18. The Kier molecular flexibility index (Phi) is 13.3. The highest BCUT2D eigenvalue weighted by molar-refractivity contribution is 6.74. The first-order valence-electron chi connectivity index (χ1n) is 21.2. The summed E-state index contributed by atoms with van der Waals surface area (Å²) in [5, 5.41) is 18.0. The lowest BCUT2D eigenvalue weighted by molar-refractivity contribution is -0.0289. The fourth-order valence-corrected chi connectivity index (χ4v) is 9.28. The number of aromatic amines is 1. The van der Waals surface area contributed by atoms with Crippen molar-refractivity contribution in [1.29, 1.82) is 0 Å². The van der Waals surface area contributed by atoms with Crippen LogP contribution in [0.25, 0.3) is 22.0 Å². The van der Waals surface area contributed by atoms with E-state index in [1.807, 2.05) is 36.4 Å². The van der Waals surface area contributed by atoms with E-state index in [0.29, 0.717) is 31.1 Å². The molecule has 2 bridgehead atoms. The number of aromatic nitrogens is 1. The number of fused-ring (bicyclic) bond motifs is 4. The average molecular weight is 817 g/mol. The van der Waals surface area contributed by atoms with Crippen molar-refractivity contribution in [3.8, 4) is 22.6 Å². The van der Waals surface area contributed by atoms with Crippen molar-refractivity contribution < 1.29 is 23.8 Å². The maximum Gasteiger partial charge on any atom is 0.411 e. The monoisotopic (exact) mass is 816 g/mol. The summed E-state index contributed by atoms with van der Waals surface area (Å²) in [6, 6.07) is 31.5. The van der Waals surface area contributed by atoms with E-state index in [1.54, 1.807) is 12.1 Å². The molecule has 4 N–H and O–H groups in total. The van der Waals surface area contributed by atoms with Crippen molar-refractivity contribution in [2.45, 2.75) is 89.8 Å². The molecule has 0 aliphatic carbocycles. The van der Waals surface area contributed by atoms with E-state index in [0.717, 1.165) is 96.4 Å². The summed E-state index contributed by atoms with van der Waals surface area (Å²) in [6.45, 7) is 16.0. The van der Waals surface area contributed by atoms with E-state index >= 15 is 0 Å². The summed E-state index contributed by atoms with van der Waals surface area (Å²) in [4.78, 5) is 30.5. The number of unbranched alkanes of at least 4 members (excludes halogenated alkanes) is 1. The fourth-order valence-electron chi connectivity index (χ4n) is 8.00. The van der Waals surface area contributed by atoms with E-state index in [2.05, 4.69) is 96.8 Å². The molecule has 0 spiro atoms. The Labute approximate surface area is 349 Å². The number of phenols is 1. The topological polar surface area (TPSA) is 125 Å². The van der Waals surface area contributed by atoms with Crippen LogP contribution in [0.2, 0.25) is 18.1 Å². The van der Waals surface area contributed by atoms with Gasteiger partial charge in [0.05, 0.1) is 23.9 Å². The number of amides is 1. The number of hydrogen-bond acceptors (Lipinski definition) is 8. The van der Waals surface area contributed by atoms with Gasteiger partial charge < -0.3 is 29.3 Å². The molecule has 5 aromatic rings. The Morgan fingerprint density at radius 2 is 1.68 bits per heavy atom. The van der Waals surface area contributed by atoms with Crippen LogP contribution in [0, 0.1) is 5.92 Å². The first kappa shape index (κ1) is 42.2. The Morgan fingerprint density at radius 1 is 0.932 bits per heavy atom. The summed E-state index contributed by atoms with van der Waals surface area (Å²) in [5.41, 5.74) is 6.17. The fraction of sp³-hybridized carbons (Fsp3) is 0.417. The van der Waals surface area contributed by atoms with Crippen molar-refractivity contribution in [2.75, 3.05) is 38.1 Å². The molecule has 0 saturated carbocycles. The Balaban J connectivity index is 0.907. The third kappa shape index (κ3) is 10.6. The van der Waals surface area contributed by atoms with E-state index in [9.17, 15) is 14.7 Å². The molecule has 3 aliphatic heterocycles. The smallest absolute Gasteiger partial charge is 0.411 e. The highest BCUT2D eigenvalue weighted by atomic mass is 28.4. The number of hydrogen-bond donors (Lipinski definition) is 4. The SMILES string of the molecule is CC(C)(C)[Si](C)(C)OC(CNCc1ccc(OCCCCc2ccc(-c3ccccc3)c(NC(=O)O[C@H]3CN4CCC3CC4)c2)cc1)c1ccc(O)c2[nH]c(=O)ccc12. The van der Waals surface area contributed by atoms with Crippen molar-refractivity contribution in [2.24, 2.45) is 5.92 Å². The van der Waals surface area contributed by atoms with Gasteiger partial charge in [-0.15, -0.1) is 0 Å². The van der Waals surface area contributed by atoms with Crippen LogP contribution in [0.15, 0.2) is 102 Å². The molecule has 312 valence electrons. The molecule has 1 unspecified atom stereocenters. The Morgan fingerprint density at radius 3 is 2.39 bits per heavy atom. The van der Waals surface area contributed by atoms with E-state index in [4.69, 9.17) is 13.9 Å². The predicted octanol–water partition coefficient (Wildman–Crippen LogP) is 9.80. The van der Waals surface area contributed by atoms with E-state index in [-0.39, 0.29) is 34.6 Å². The van der Waals surface area contributed by atoms with Crippen LogP contribution in [0.3, 0.4) is 0 Å². The van der Waals surface area contributed by atoms with Gasteiger partial charge in [-0.3, -0.25) is 15.0 Å². The lowest BCUT2D eigenvalue weighted by atomic mass is 9.86. The van der Waals surface area contributed by atoms with Crippen LogP contribution in [0.4, 0.5) is 10.5 Å². The van der Waals surface area contributed by atoms with Gasteiger partial charge in [0.1, 0.15) is 17.6 Å². The zero-order valence-electron chi connectivity index (χ0n) is 35.2. The standard InChI is InChI=1S/C48H60N4O6Si/c1-48(2,3)59(4,5)58-43(39-20-22-42(53)46-40(39)21-23-45(54)51-46)31-49-30-34-14-17-37(18-15-34)56-28-10-9-11-33-16-19-38(35-12-7-6-8-13-35)41(29-33)50-47(55)57-44-32-52-26-24-36(44)25-27-52/h6-8,12-23,29,36,43-44,49,53H,9-11,24-28,30-32H2,1-5H3,(H,50,55)(H,51,54)/t43?,44-/m0/s1. The molecule has 1 amide bonds. The van der Waals surface area contributed by atoms with Crippen molar-refractivity contribution in [3.05, 3.63) is 124 Å². The van der Waals surface area contributed by atoms with Gasteiger partial charge in [0.25, 0.3) is 0 Å². The van der Waals surface area contributed by atoms with Crippen LogP contribution < -0.4 is 20.9 Å². The molecule has 11 heteroatoms. The number of carbonyl (C=O) groups is 1. The van der Waals surface area contributed by atoms with Gasteiger partial charge in [0.15, 0.2) is 8.32 Å². The number of carbonyl (C=O) groups excluding carboxylic acids is 1. The second-order valence-electron chi connectivity index (χ2n) is 17.7. The summed E-state index contributed by atoms with van der Waals surface area (Å²) >= 11 is 0. The van der Waals surface area contributed by atoms with Crippen LogP contribution in [0.5, 0.6) is 11.5 Å². The Bertz CT molecular complexity index is 2250. The van der Waals surface area contributed by atoms with Crippen LogP contribution in [-0.2, 0) is 22.1 Å². The molecular weight excluding hydrogens is 757 g/mol. The van der Waals surface area contributed by atoms with E-state index < -0.39 is 8.32 Å². The first-order valence-corrected chi connectivity index (χ1v) is 24.1. The van der Waals surface area contributed by atoms with Gasteiger partial charge in [-0.2, -0.15) is 0 Å². The number of pyridine rings is 1. The minimum Gasteiger partial charge on any atom is -0.506 e. The van der Waals surface area contributed by atoms with Crippen LogP contribution in [0.1, 0.15) is 69.2 Å². The number of phenolic OH excluding ortho intramolecular Hbond substituents is 1. The van der Waals surface area contributed by atoms with Crippen molar-refractivity contribution >= 4 is 31.0 Å². The van der Waals surface area contributed by atoms with Gasteiger partial charge in [-0.25, -0.2) is 4.79 Å². The maximum atomic E-state index is 13.2. The molecule has 10 nitrogen and oxygen atoms in total. The number of benzene rings is 4. The van der Waals surface area contributed by atoms with Gasteiger partial charge >= 0.3 is 6.09 Å². The number of ether oxygens (including phenoxy) is 2. The summed E-state index contributed by atoms with van der Waals surface area (Å²) in [5.74, 6) is 1.32. The summed E-state index contributed by atoms with van der Waals surface area (Å²) in [7, 11) is -2.18. The molecule has 1 aromatic heterocycles. The highest BCUT2D eigenvalue weighted by Crippen LogP contribution is 2.41. The van der Waals surface area contributed by atoms with E-state index in [1.165, 1.54) is 6.07 Å². The number of rotatable bonds is 16. The largest absolute Gasteiger partial charge is 0.506 e. The molecule has 59 heavy (non-hydrogen) atoms. The Hall–Kier alpha value is -4.94. The lowest BCUT2D eigenvalue weighted by Gasteiger charge is -2.43. The molecule has 0 radical (unpaired) electrons. The second-order valence-corrected chi connectivity index (χ2v) is 22.4. The zero-order valence-corrected chi connectivity index (χ0v) is 36.2. The number of piperidine rings is 3. The lowest BCUT2D eigenvalue weighted by Crippen LogP contribution is -2.52. The zero-order chi connectivity index (χ0) is 41.6. The van der Waals surface area contributed by atoms with Gasteiger partial charge in [0.2, 0.25) is 5.56 Å². The third-order valence-corrected chi connectivity index (χ3v) is 17.0. The van der Waals surface area contributed by atoms with Crippen molar-refractivity contribution in [1.82, 2.24) is 15.2 Å². The van der Waals surface area contributed by atoms with Crippen LogP contribution in [-0.4, -0.2) is 68.3 Å². The molecule has 2 atom stereocenters. The van der Waals surface area contributed by atoms with Crippen LogP contribution >= 0.6 is 0 Å². The number of nitrogens with one attached hydrogen (secondary N) is 3. The molecular formula is C48H60N4O6Si. The molecule has 4 heterocycles. The third-order valence-electron chi connectivity index (χ3n) is 12.5. The molecule has 3 fully saturated rings. The molecule has 3 aliphatic rings. The minimum absolute atomic E-state index is 0.000912. The van der Waals surface area contributed by atoms with Crippen molar-refractivity contribution in [3.63, 3.8) is 0 Å². The highest BCUT2D eigenvalue weighted by Gasteiger charge is 2.40. The molecule has 3 saturated heterocycles. The first-order chi connectivity index (χ1) is 28.3. The number of aromatic hydroxyl groups is 1. The van der Waals surface area contributed by atoms with Gasteiger partial charge in [-0.1, -0.05) is 81.4 Å². The predicted molar refractivity (Wildman–Crippen MR) is 239 cm³/mol. The normalized spacial score (nSPS) is 18.4. The van der Waals surface area contributed by atoms with Gasteiger partial charge in [0, 0.05) is 36.7 Å².